The lowest BCUT2D eigenvalue weighted by Gasteiger charge is -2.00. The number of anilines is 1. The Morgan fingerprint density at radius 1 is 1.07 bits per heavy atom. The zero-order valence-electron chi connectivity index (χ0n) is 7.17. The number of nitrogen functional groups attached to an aromatic ring is 1. The first-order valence-electron chi connectivity index (χ1n) is 3.82. The summed E-state index contributed by atoms with van der Waals surface area (Å²) in [7, 11) is 0. The van der Waals surface area contributed by atoms with Crippen molar-refractivity contribution < 1.29 is 13.2 Å². The Kier molecular flexibility index (Phi) is 2.31. The fraction of sp³-hybridized carbons (Fsp3) is 0. The van der Waals surface area contributed by atoms with E-state index in [0.717, 1.165) is 17.4 Å². The topological polar surface area (TPSA) is 51.8 Å². The third-order valence-electron chi connectivity index (χ3n) is 1.70. The number of hydrogen-bond donors (Lipinski definition) is 1. The molecule has 0 unspecified atom stereocenters. The maximum absolute atomic E-state index is 13.2. The summed E-state index contributed by atoms with van der Waals surface area (Å²) in [4.78, 5) is 0. The Morgan fingerprint density at radius 2 is 1.73 bits per heavy atom. The maximum Gasteiger partial charge on any atom is 0.203 e. The van der Waals surface area contributed by atoms with Gasteiger partial charge in [-0.05, 0) is 12.1 Å². The molecule has 0 radical (unpaired) electrons. The van der Waals surface area contributed by atoms with E-state index in [9.17, 15) is 13.2 Å². The molecular formula is C8H4F3N3S. The first-order valence-corrected chi connectivity index (χ1v) is 4.64. The molecule has 15 heavy (non-hydrogen) atoms. The average molecular weight is 231 g/mol. The number of rotatable bonds is 1. The Morgan fingerprint density at radius 3 is 2.33 bits per heavy atom. The van der Waals surface area contributed by atoms with Gasteiger partial charge in [0.1, 0.15) is 5.82 Å². The zero-order valence-corrected chi connectivity index (χ0v) is 7.99. The minimum atomic E-state index is -1.29. The molecule has 1 heterocycles. The van der Waals surface area contributed by atoms with Crippen LogP contribution in [0, 0.1) is 17.5 Å². The van der Waals surface area contributed by atoms with Crippen LogP contribution in [0.25, 0.3) is 10.6 Å². The van der Waals surface area contributed by atoms with Gasteiger partial charge in [-0.25, -0.2) is 13.2 Å². The summed E-state index contributed by atoms with van der Waals surface area (Å²) >= 11 is 0.787. The molecule has 0 saturated heterocycles. The summed E-state index contributed by atoms with van der Waals surface area (Å²) in [6.45, 7) is 0. The van der Waals surface area contributed by atoms with Crippen LogP contribution in [0.5, 0.6) is 0 Å². The second-order valence-electron chi connectivity index (χ2n) is 2.66. The van der Waals surface area contributed by atoms with Gasteiger partial charge in [0.05, 0.1) is 5.56 Å². The zero-order chi connectivity index (χ0) is 11.0. The van der Waals surface area contributed by atoms with Gasteiger partial charge in [0.15, 0.2) is 16.6 Å². The van der Waals surface area contributed by atoms with Gasteiger partial charge in [-0.15, -0.1) is 10.2 Å². The molecule has 2 N–H and O–H groups in total. The SMILES string of the molecule is Nc1nnc(-c2c(F)ccc(F)c2F)s1. The van der Waals surface area contributed by atoms with Gasteiger partial charge >= 0.3 is 0 Å². The minimum Gasteiger partial charge on any atom is -0.374 e. The Labute approximate surface area is 86.4 Å². The molecule has 2 rings (SSSR count). The highest BCUT2D eigenvalue weighted by molar-refractivity contribution is 7.18. The van der Waals surface area contributed by atoms with E-state index in [1.807, 2.05) is 0 Å². The summed E-state index contributed by atoms with van der Waals surface area (Å²) in [5.74, 6) is -3.32. The van der Waals surface area contributed by atoms with Crippen molar-refractivity contribution in [2.75, 3.05) is 5.73 Å². The second-order valence-corrected chi connectivity index (χ2v) is 3.67. The van der Waals surface area contributed by atoms with Crippen molar-refractivity contribution in [2.24, 2.45) is 0 Å². The Bertz CT molecular complexity index is 512. The summed E-state index contributed by atoms with van der Waals surface area (Å²) in [6.07, 6.45) is 0. The van der Waals surface area contributed by atoms with Gasteiger partial charge in [-0.1, -0.05) is 11.3 Å². The standard InChI is InChI=1S/C8H4F3N3S/c9-3-1-2-4(10)6(11)5(3)7-13-14-8(12)15-7/h1-2H,(H2,12,14). The monoisotopic (exact) mass is 231 g/mol. The normalized spacial score (nSPS) is 10.6. The smallest absolute Gasteiger partial charge is 0.203 e. The lowest BCUT2D eigenvalue weighted by Crippen LogP contribution is -1.93. The van der Waals surface area contributed by atoms with Crippen LogP contribution in [0.1, 0.15) is 0 Å². The molecule has 3 nitrogen and oxygen atoms in total. The molecule has 0 amide bonds. The summed E-state index contributed by atoms with van der Waals surface area (Å²) in [6, 6.07) is 1.53. The van der Waals surface area contributed by atoms with E-state index in [-0.39, 0.29) is 10.1 Å². The van der Waals surface area contributed by atoms with E-state index in [4.69, 9.17) is 5.73 Å². The molecule has 0 bridgehead atoms. The number of aromatic nitrogens is 2. The molecule has 7 heteroatoms. The van der Waals surface area contributed by atoms with Gasteiger partial charge in [-0.2, -0.15) is 0 Å². The highest BCUT2D eigenvalue weighted by Gasteiger charge is 2.18. The fourth-order valence-corrected chi connectivity index (χ4v) is 1.71. The summed E-state index contributed by atoms with van der Waals surface area (Å²) < 4.78 is 39.3. The highest BCUT2D eigenvalue weighted by atomic mass is 32.1. The van der Waals surface area contributed by atoms with E-state index in [2.05, 4.69) is 10.2 Å². The highest BCUT2D eigenvalue weighted by Crippen LogP contribution is 2.30. The molecule has 0 aliphatic carbocycles. The summed E-state index contributed by atoms with van der Waals surface area (Å²) in [5.41, 5.74) is 4.72. The minimum absolute atomic E-state index is 0.0630. The molecule has 1 aromatic carbocycles. The third kappa shape index (κ3) is 1.65. The van der Waals surface area contributed by atoms with Crippen LogP contribution in [-0.4, -0.2) is 10.2 Å². The number of nitrogens with two attached hydrogens (primary N) is 1. The molecule has 0 fully saturated rings. The van der Waals surface area contributed by atoms with Crippen molar-refractivity contribution in [1.29, 1.82) is 0 Å². The van der Waals surface area contributed by atoms with E-state index in [0.29, 0.717) is 6.07 Å². The first kappa shape index (κ1) is 9.91. The second kappa shape index (κ2) is 3.50. The van der Waals surface area contributed by atoms with Crippen LogP contribution in [-0.2, 0) is 0 Å². The molecule has 1 aromatic heterocycles. The largest absolute Gasteiger partial charge is 0.374 e. The van der Waals surface area contributed by atoms with E-state index in [1.54, 1.807) is 0 Å². The predicted molar refractivity (Wildman–Crippen MR) is 49.6 cm³/mol. The molecule has 0 spiro atoms. The number of nitrogens with zero attached hydrogens (tertiary/aromatic N) is 2. The predicted octanol–water partition coefficient (Wildman–Crippen LogP) is 2.20. The molecule has 78 valence electrons. The van der Waals surface area contributed by atoms with Gasteiger partial charge in [-0.3, -0.25) is 0 Å². The molecule has 0 aliphatic heterocycles. The van der Waals surface area contributed by atoms with E-state index < -0.39 is 23.0 Å². The van der Waals surface area contributed by atoms with Gasteiger partial charge in [0.25, 0.3) is 0 Å². The third-order valence-corrected chi connectivity index (χ3v) is 2.47. The van der Waals surface area contributed by atoms with E-state index in [1.165, 1.54) is 0 Å². The summed E-state index contributed by atoms with van der Waals surface area (Å²) in [5, 5.41) is 6.82. The fourth-order valence-electron chi connectivity index (χ4n) is 1.06. The Hall–Kier alpha value is -1.63. The van der Waals surface area contributed by atoms with Crippen LogP contribution in [0.3, 0.4) is 0 Å². The van der Waals surface area contributed by atoms with Crippen molar-refractivity contribution in [3.63, 3.8) is 0 Å². The van der Waals surface area contributed by atoms with Crippen molar-refractivity contribution >= 4 is 16.5 Å². The molecule has 0 atom stereocenters. The van der Waals surface area contributed by atoms with E-state index >= 15 is 0 Å². The van der Waals surface area contributed by atoms with Gasteiger partial charge in [0, 0.05) is 0 Å². The molecular weight excluding hydrogens is 227 g/mol. The molecule has 2 aromatic rings. The Balaban J connectivity index is 2.66. The van der Waals surface area contributed by atoms with Crippen molar-refractivity contribution in [3.8, 4) is 10.6 Å². The van der Waals surface area contributed by atoms with Gasteiger partial charge in [0.2, 0.25) is 5.13 Å². The van der Waals surface area contributed by atoms with Crippen LogP contribution in [0.4, 0.5) is 18.3 Å². The number of benzene rings is 1. The van der Waals surface area contributed by atoms with Crippen molar-refractivity contribution in [3.05, 3.63) is 29.6 Å². The molecule has 0 aliphatic rings. The van der Waals surface area contributed by atoms with Crippen LogP contribution in [0.15, 0.2) is 12.1 Å². The lowest BCUT2D eigenvalue weighted by molar-refractivity contribution is 0.499. The van der Waals surface area contributed by atoms with Crippen LogP contribution in [0.2, 0.25) is 0 Å². The first-order chi connectivity index (χ1) is 7.09. The number of halogens is 3. The van der Waals surface area contributed by atoms with Gasteiger partial charge < -0.3 is 5.73 Å². The number of hydrogen-bond acceptors (Lipinski definition) is 4. The quantitative estimate of drug-likeness (QED) is 0.765. The van der Waals surface area contributed by atoms with Crippen LogP contribution < -0.4 is 5.73 Å². The van der Waals surface area contributed by atoms with Crippen molar-refractivity contribution in [2.45, 2.75) is 0 Å². The average Bonchev–Trinajstić information content (AvgIpc) is 2.59. The maximum atomic E-state index is 13.2. The lowest BCUT2D eigenvalue weighted by atomic mass is 10.2. The molecule has 0 saturated carbocycles. The van der Waals surface area contributed by atoms with Crippen LogP contribution >= 0.6 is 11.3 Å². The van der Waals surface area contributed by atoms with Crippen molar-refractivity contribution in [1.82, 2.24) is 10.2 Å².